The minimum Gasteiger partial charge on any atom is -0.462 e. The highest BCUT2D eigenvalue weighted by Gasteiger charge is 2.27. The lowest BCUT2D eigenvalue weighted by Crippen LogP contribution is -2.15. The lowest BCUT2D eigenvalue weighted by Gasteiger charge is -2.07. The van der Waals surface area contributed by atoms with E-state index < -0.39 is 22.8 Å². The molecule has 9 nitrogen and oxygen atoms in total. The van der Waals surface area contributed by atoms with Crippen LogP contribution in [-0.4, -0.2) is 36.0 Å². The number of nitro groups is 1. The molecule has 0 spiro atoms. The van der Waals surface area contributed by atoms with E-state index in [2.05, 4.69) is 5.32 Å². The molecule has 0 aliphatic rings. The van der Waals surface area contributed by atoms with E-state index in [4.69, 9.17) is 9.47 Å². The molecule has 148 valence electrons. The average Bonchev–Trinajstić information content (AvgIpc) is 2.98. The number of carbonyl (C=O) groups is 3. The number of benzene rings is 1. The summed E-state index contributed by atoms with van der Waals surface area (Å²) in [6.07, 6.45) is 0. The van der Waals surface area contributed by atoms with E-state index >= 15 is 0 Å². The number of nitrogens with zero attached hydrogens (tertiary/aromatic N) is 1. The zero-order valence-corrected chi connectivity index (χ0v) is 16.3. The van der Waals surface area contributed by atoms with Crippen molar-refractivity contribution in [3.63, 3.8) is 0 Å². The summed E-state index contributed by atoms with van der Waals surface area (Å²) < 4.78 is 10.0. The van der Waals surface area contributed by atoms with Crippen LogP contribution in [0.25, 0.3) is 0 Å². The SMILES string of the molecule is CCOC(=O)c1sc(NC(=O)c2ccc([N+](=O)[O-])cc2)c(C(=O)OCC)c1C. The van der Waals surface area contributed by atoms with Crippen molar-refractivity contribution in [3.8, 4) is 0 Å². The number of thiophene rings is 1. The van der Waals surface area contributed by atoms with Crippen LogP contribution >= 0.6 is 11.3 Å². The molecule has 0 unspecified atom stereocenters. The first-order chi connectivity index (χ1) is 13.3. The third-order valence-corrected chi connectivity index (χ3v) is 4.84. The van der Waals surface area contributed by atoms with E-state index in [1.165, 1.54) is 24.3 Å². The summed E-state index contributed by atoms with van der Waals surface area (Å²) in [5, 5.41) is 13.4. The molecule has 0 aliphatic heterocycles. The fraction of sp³-hybridized carbons (Fsp3) is 0.278. The Morgan fingerprint density at radius 2 is 1.64 bits per heavy atom. The van der Waals surface area contributed by atoms with Gasteiger partial charge in [0.2, 0.25) is 0 Å². The Morgan fingerprint density at radius 3 is 2.18 bits per heavy atom. The smallest absolute Gasteiger partial charge is 0.348 e. The molecule has 0 saturated carbocycles. The molecule has 1 aromatic carbocycles. The lowest BCUT2D eigenvalue weighted by molar-refractivity contribution is -0.384. The Hall–Kier alpha value is -3.27. The van der Waals surface area contributed by atoms with Crippen molar-refractivity contribution in [1.82, 2.24) is 0 Å². The van der Waals surface area contributed by atoms with Gasteiger partial charge in [-0.2, -0.15) is 0 Å². The summed E-state index contributed by atoms with van der Waals surface area (Å²) >= 11 is 0.904. The standard InChI is InChI=1S/C18H18N2O7S/c1-4-26-17(22)13-10(3)14(18(23)27-5-2)28-16(13)19-15(21)11-6-8-12(9-7-11)20(24)25/h6-9H,4-5H2,1-3H3,(H,19,21). The van der Waals surface area contributed by atoms with Gasteiger partial charge in [0.05, 0.1) is 23.7 Å². The molecular weight excluding hydrogens is 388 g/mol. The zero-order valence-electron chi connectivity index (χ0n) is 15.4. The summed E-state index contributed by atoms with van der Waals surface area (Å²) in [5.74, 6) is -1.87. The van der Waals surface area contributed by atoms with Crippen LogP contribution in [0.5, 0.6) is 0 Å². The van der Waals surface area contributed by atoms with E-state index in [0.29, 0.717) is 5.56 Å². The zero-order chi connectivity index (χ0) is 20.8. The second kappa shape index (κ2) is 9.09. The molecule has 2 aromatic rings. The summed E-state index contributed by atoms with van der Waals surface area (Å²) in [5.41, 5.74) is 0.426. The summed E-state index contributed by atoms with van der Waals surface area (Å²) in [6.45, 7) is 5.15. The van der Waals surface area contributed by atoms with Gasteiger partial charge in [0.25, 0.3) is 11.6 Å². The molecule has 0 radical (unpaired) electrons. The van der Waals surface area contributed by atoms with E-state index in [0.717, 1.165) is 11.3 Å². The maximum absolute atomic E-state index is 12.5. The normalized spacial score (nSPS) is 10.2. The van der Waals surface area contributed by atoms with Crippen LogP contribution in [0, 0.1) is 17.0 Å². The Balaban J connectivity index is 2.38. The summed E-state index contributed by atoms with van der Waals surface area (Å²) in [4.78, 5) is 47.3. The number of esters is 2. The van der Waals surface area contributed by atoms with Gasteiger partial charge in [-0.05, 0) is 38.5 Å². The molecule has 0 fully saturated rings. The number of hydrogen-bond acceptors (Lipinski definition) is 8. The number of hydrogen-bond donors (Lipinski definition) is 1. The van der Waals surface area contributed by atoms with Crippen LogP contribution in [0.2, 0.25) is 0 Å². The van der Waals surface area contributed by atoms with Crippen molar-refractivity contribution in [2.75, 3.05) is 18.5 Å². The van der Waals surface area contributed by atoms with Crippen molar-refractivity contribution in [1.29, 1.82) is 0 Å². The van der Waals surface area contributed by atoms with Gasteiger partial charge in [-0.3, -0.25) is 14.9 Å². The van der Waals surface area contributed by atoms with Gasteiger partial charge in [0, 0.05) is 17.7 Å². The molecule has 1 heterocycles. The van der Waals surface area contributed by atoms with Crippen LogP contribution in [0.15, 0.2) is 24.3 Å². The van der Waals surface area contributed by atoms with Crippen LogP contribution in [0.1, 0.15) is 49.8 Å². The van der Waals surface area contributed by atoms with Crippen LogP contribution < -0.4 is 5.32 Å². The number of nitro benzene ring substituents is 1. The van der Waals surface area contributed by atoms with Gasteiger partial charge in [0.15, 0.2) is 0 Å². The number of non-ortho nitro benzene ring substituents is 1. The van der Waals surface area contributed by atoms with E-state index in [1.807, 2.05) is 0 Å². The van der Waals surface area contributed by atoms with Gasteiger partial charge in [-0.25, -0.2) is 9.59 Å². The molecule has 10 heteroatoms. The van der Waals surface area contributed by atoms with Gasteiger partial charge in [-0.15, -0.1) is 11.3 Å². The van der Waals surface area contributed by atoms with E-state index in [1.54, 1.807) is 20.8 Å². The Kier molecular flexibility index (Phi) is 6.83. The number of rotatable bonds is 7. The van der Waals surface area contributed by atoms with Crippen molar-refractivity contribution >= 4 is 39.9 Å². The van der Waals surface area contributed by atoms with Gasteiger partial charge < -0.3 is 14.8 Å². The Labute approximate surface area is 164 Å². The first kappa shape index (κ1) is 21.0. The lowest BCUT2D eigenvalue weighted by atomic mass is 10.1. The highest BCUT2D eigenvalue weighted by atomic mass is 32.1. The van der Waals surface area contributed by atoms with Crippen molar-refractivity contribution < 1.29 is 28.8 Å². The van der Waals surface area contributed by atoms with Crippen molar-refractivity contribution in [2.45, 2.75) is 20.8 Å². The van der Waals surface area contributed by atoms with Crippen LogP contribution in [-0.2, 0) is 9.47 Å². The minimum atomic E-state index is -0.675. The molecule has 2 rings (SSSR count). The van der Waals surface area contributed by atoms with E-state index in [-0.39, 0.29) is 39.9 Å². The van der Waals surface area contributed by atoms with Gasteiger partial charge >= 0.3 is 11.9 Å². The number of carbonyl (C=O) groups excluding carboxylic acids is 3. The molecule has 28 heavy (non-hydrogen) atoms. The van der Waals surface area contributed by atoms with Crippen molar-refractivity contribution in [2.24, 2.45) is 0 Å². The fourth-order valence-corrected chi connectivity index (χ4v) is 3.44. The van der Waals surface area contributed by atoms with Crippen LogP contribution in [0.4, 0.5) is 10.7 Å². The fourth-order valence-electron chi connectivity index (χ4n) is 2.35. The average molecular weight is 406 g/mol. The largest absolute Gasteiger partial charge is 0.462 e. The predicted molar refractivity (Wildman–Crippen MR) is 102 cm³/mol. The summed E-state index contributed by atoms with van der Waals surface area (Å²) in [6, 6.07) is 4.99. The number of ether oxygens (including phenoxy) is 2. The topological polar surface area (TPSA) is 125 Å². The first-order valence-corrected chi connectivity index (χ1v) is 9.15. The highest BCUT2D eigenvalue weighted by Crippen LogP contribution is 2.34. The first-order valence-electron chi connectivity index (χ1n) is 8.33. The van der Waals surface area contributed by atoms with Crippen LogP contribution in [0.3, 0.4) is 0 Å². The number of amides is 1. The van der Waals surface area contributed by atoms with Crippen molar-refractivity contribution in [3.05, 3.63) is 55.9 Å². The van der Waals surface area contributed by atoms with E-state index in [9.17, 15) is 24.5 Å². The molecule has 1 aromatic heterocycles. The van der Waals surface area contributed by atoms with Gasteiger partial charge in [0.1, 0.15) is 9.88 Å². The molecule has 1 N–H and O–H groups in total. The minimum absolute atomic E-state index is 0.0742. The third kappa shape index (κ3) is 4.52. The molecular formula is C18H18N2O7S. The monoisotopic (exact) mass is 406 g/mol. The number of anilines is 1. The predicted octanol–water partition coefficient (Wildman–Crippen LogP) is 3.57. The molecule has 0 bridgehead atoms. The second-order valence-electron chi connectivity index (χ2n) is 5.46. The third-order valence-electron chi connectivity index (χ3n) is 3.65. The summed E-state index contributed by atoms with van der Waals surface area (Å²) in [7, 11) is 0. The Bertz CT molecular complexity index is 919. The molecule has 0 aliphatic carbocycles. The second-order valence-corrected chi connectivity index (χ2v) is 6.48. The van der Waals surface area contributed by atoms with Gasteiger partial charge in [-0.1, -0.05) is 0 Å². The number of nitrogens with one attached hydrogen (secondary N) is 1. The molecule has 0 saturated heterocycles. The molecule has 0 atom stereocenters. The Morgan fingerprint density at radius 1 is 1.07 bits per heavy atom. The maximum atomic E-state index is 12.5. The highest BCUT2D eigenvalue weighted by molar-refractivity contribution is 7.18. The maximum Gasteiger partial charge on any atom is 0.348 e. The molecule has 1 amide bonds. The quantitative estimate of drug-likeness (QED) is 0.423.